The number of ether oxygens (including phenoxy) is 1. The average Bonchev–Trinajstić information content (AvgIpc) is 2.97. The van der Waals surface area contributed by atoms with E-state index in [0.717, 1.165) is 28.3 Å². The number of carbonyl (C=O) groups is 1. The van der Waals surface area contributed by atoms with Gasteiger partial charge in [-0.25, -0.2) is 9.50 Å². The Morgan fingerprint density at radius 1 is 1.23 bits per heavy atom. The molecule has 136 valence electrons. The second kappa shape index (κ2) is 7.56. The van der Waals surface area contributed by atoms with Crippen molar-refractivity contribution in [2.75, 3.05) is 11.9 Å². The number of para-hydroxylation sites is 2. The van der Waals surface area contributed by atoms with E-state index in [0.29, 0.717) is 30.9 Å². The van der Waals surface area contributed by atoms with Gasteiger partial charge in [0, 0.05) is 23.9 Å². The van der Waals surface area contributed by atoms with Gasteiger partial charge in [-0.3, -0.25) is 4.79 Å². The lowest BCUT2D eigenvalue weighted by Crippen LogP contribution is -2.15. The van der Waals surface area contributed by atoms with Crippen LogP contribution in [-0.4, -0.2) is 27.1 Å². The quantitative estimate of drug-likeness (QED) is 0.736. The molecule has 0 atom stereocenters. The van der Waals surface area contributed by atoms with Crippen molar-refractivity contribution < 1.29 is 9.53 Å². The van der Waals surface area contributed by atoms with Crippen molar-refractivity contribution >= 4 is 17.2 Å². The maximum Gasteiger partial charge on any atom is 0.224 e. The molecule has 0 bridgehead atoms. The molecule has 1 aromatic carbocycles. The van der Waals surface area contributed by atoms with E-state index < -0.39 is 0 Å². The van der Waals surface area contributed by atoms with Crippen molar-refractivity contribution in [3.63, 3.8) is 0 Å². The number of hydrogen-bond donors (Lipinski definition) is 1. The van der Waals surface area contributed by atoms with E-state index in [1.54, 1.807) is 0 Å². The van der Waals surface area contributed by atoms with Crippen LogP contribution in [0.1, 0.15) is 36.0 Å². The van der Waals surface area contributed by atoms with Crippen molar-refractivity contribution in [2.45, 2.75) is 40.5 Å². The molecule has 0 fully saturated rings. The van der Waals surface area contributed by atoms with Crippen molar-refractivity contribution in [2.24, 2.45) is 0 Å². The van der Waals surface area contributed by atoms with E-state index in [4.69, 9.17) is 4.74 Å². The summed E-state index contributed by atoms with van der Waals surface area (Å²) < 4.78 is 7.40. The zero-order valence-electron chi connectivity index (χ0n) is 15.7. The Labute approximate surface area is 153 Å². The molecule has 6 nitrogen and oxygen atoms in total. The second-order valence-corrected chi connectivity index (χ2v) is 6.29. The molecule has 3 aromatic rings. The van der Waals surface area contributed by atoms with Gasteiger partial charge in [-0.2, -0.15) is 5.10 Å². The minimum atomic E-state index is -0.0484. The van der Waals surface area contributed by atoms with Gasteiger partial charge in [0.2, 0.25) is 5.91 Å². The molecule has 0 radical (unpaired) electrons. The summed E-state index contributed by atoms with van der Waals surface area (Å²) >= 11 is 0. The number of anilines is 1. The lowest BCUT2D eigenvalue weighted by molar-refractivity contribution is -0.116. The molecule has 0 spiro atoms. The zero-order chi connectivity index (χ0) is 18.7. The molecule has 1 N–H and O–H groups in total. The van der Waals surface area contributed by atoms with Crippen molar-refractivity contribution in [1.29, 1.82) is 0 Å². The predicted molar refractivity (Wildman–Crippen MR) is 102 cm³/mol. The smallest absolute Gasteiger partial charge is 0.224 e. The number of aromatic nitrogens is 3. The maximum absolute atomic E-state index is 12.4. The summed E-state index contributed by atoms with van der Waals surface area (Å²) in [5.74, 6) is 0.638. The van der Waals surface area contributed by atoms with Crippen LogP contribution in [0.4, 0.5) is 5.69 Å². The van der Waals surface area contributed by atoms with Gasteiger partial charge in [-0.05, 0) is 51.8 Å². The number of amides is 1. The largest absolute Gasteiger partial charge is 0.492 e. The number of fused-ring (bicyclic) bond motifs is 1. The highest BCUT2D eigenvalue weighted by molar-refractivity contribution is 5.92. The molecule has 1 amide bonds. The zero-order valence-corrected chi connectivity index (χ0v) is 15.7. The van der Waals surface area contributed by atoms with E-state index in [1.807, 2.05) is 62.5 Å². The summed E-state index contributed by atoms with van der Waals surface area (Å²) in [7, 11) is 0. The van der Waals surface area contributed by atoms with Gasteiger partial charge in [0.05, 0.1) is 18.0 Å². The first-order chi connectivity index (χ1) is 12.5. The summed E-state index contributed by atoms with van der Waals surface area (Å²) in [5, 5.41) is 7.42. The summed E-state index contributed by atoms with van der Waals surface area (Å²) in [6, 6.07) is 9.43. The van der Waals surface area contributed by atoms with Crippen molar-refractivity contribution in [1.82, 2.24) is 14.6 Å². The molecule has 0 aliphatic rings. The van der Waals surface area contributed by atoms with Crippen LogP contribution in [0, 0.1) is 20.8 Å². The molecule has 0 aliphatic carbocycles. The first-order valence-electron chi connectivity index (χ1n) is 8.83. The van der Waals surface area contributed by atoms with E-state index in [9.17, 15) is 4.79 Å². The van der Waals surface area contributed by atoms with Crippen LogP contribution in [0.2, 0.25) is 0 Å². The molecule has 2 heterocycles. The molecular formula is C20H24N4O2. The summed E-state index contributed by atoms with van der Waals surface area (Å²) in [6.45, 7) is 8.43. The Kier molecular flexibility index (Phi) is 5.21. The summed E-state index contributed by atoms with van der Waals surface area (Å²) in [4.78, 5) is 17.0. The molecular weight excluding hydrogens is 328 g/mol. The van der Waals surface area contributed by atoms with Crippen molar-refractivity contribution in [3.8, 4) is 5.75 Å². The molecule has 0 saturated carbocycles. The average molecular weight is 352 g/mol. The molecule has 6 heteroatoms. The number of aryl methyl sites for hydroxylation is 3. The van der Waals surface area contributed by atoms with Crippen molar-refractivity contribution in [3.05, 3.63) is 53.0 Å². The lowest BCUT2D eigenvalue weighted by atomic mass is 10.1. The Balaban J connectivity index is 1.73. The van der Waals surface area contributed by atoms with E-state index >= 15 is 0 Å². The van der Waals surface area contributed by atoms with Gasteiger partial charge in [-0.15, -0.1) is 0 Å². The Morgan fingerprint density at radius 3 is 2.77 bits per heavy atom. The van der Waals surface area contributed by atoms with Crippen LogP contribution in [-0.2, 0) is 11.2 Å². The Bertz CT molecular complexity index is 946. The van der Waals surface area contributed by atoms with Crippen LogP contribution < -0.4 is 10.1 Å². The minimum Gasteiger partial charge on any atom is -0.492 e. The number of hydrogen-bond acceptors (Lipinski definition) is 4. The Hall–Kier alpha value is -2.89. The van der Waals surface area contributed by atoms with E-state index in [-0.39, 0.29) is 5.91 Å². The summed E-state index contributed by atoms with van der Waals surface area (Å²) in [5.41, 5.74) is 5.51. The van der Waals surface area contributed by atoms with Crippen LogP contribution in [0.3, 0.4) is 0 Å². The third kappa shape index (κ3) is 3.69. The van der Waals surface area contributed by atoms with Crippen LogP contribution >= 0.6 is 0 Å². The molecule has 26 heavy (non-hydrogen) atoms. The normalized spacial score (nSPS) is 10.9. The highest BCUT2D eigenvalue weighted by Crippen LogP contribution is 2.24. The highest BCUT2D eigenvalue weighted by Gasteiger charge is 2.13. The van der Waals surface area contributed by atoms with E-state index in [1.165, 1.54) is 0 Å². The number of benzene rings is 1. The second-order valence-electron chi connectivity index (χ2n) is 6.29. The molecule has 2 aromatic heterocycles. The Morgan fingerprint density at radius 2 is 2.00 bits per heavy atom. The van der Waals surface area contributed by atoms with Crippen LogP contribution in [0.5, 0.6) is 5.75 Å². The maximum atomic E-state index is 12.4. The fraction of sp³-hybridized carbons (Fsp3) is 0.350. The van der Waals surface area contributed by atoms with E-state index in [2.05, 4.69) is 15.4 Å². The third-order valence-electron chi connectivity index (χ3n) is 4.35. The van der Waals surface area contributed by atoms with Gasteiger partial charge >= 0.3 is 0 Å². The van der Waals surface area contributed by atoms with Gasteiger partial charge in [0.15, 0.2) is 5.65 Å². The number of carbonyl (C=O) groups excluding carboxylic acids is 1. The monoisotopic (exact) mass is 352 g/mol. The minimum absolute atomic E-state index is 0.0484. The molecule has 0 unspecified atom stereocenters. The fourth-order valence-corrected chi connectivity index (χ4v) is 3.11. The third-order valence-corrected chi connectivity index (χ3v) is 4.35. The first-order valence-corrected chi connectivity index (χ1v) is 8.83. The van der Waals surface area contributed by atoms with Gasteiger partial charge < -0.3 is 10.1 Å². The number of nitrogens with zero attached hydrogens (tertiary/aromatic N) is 3. The molecule has 0 aliphatic heterocycles. The van der Waals surface area contributed by atoms with Gasteiger partial charge in [0.25, 0.3) is 0 Å². The molecule has 0 saturated heterocycles. The SMILES string of the molecule is CCOc1ccccc1NC(=O)CCc1c(C)nc2cc(C)nn2c1C. The first kappa shape index (κ1) is 17.9. The highest BCUT2D eigenvalue weighted by atomic mass is 16.5. The van der Waals surface area contributed by atoms with Gasteiger partial charge in [0.1, 0.15) is 5.75 Å². The topological polar surface area (TPSA) is 68.5 Å². The predicted octanol–water partition coefficient (Wildman–Crippen LogP) is 3.62. The number of nitrogens with one attached hydrogen (secondary N) is 1. The fourth-order valence-electron chi connectivity index (χ4n) is 3.11. The van der Waals surface area contributed by atoms with Gasteiger partial charge in [-0.1, -0.05) is 12.1 Å². The van der Waals surface area contributed by atoms with Crippen LogP contribution in [0.25, 0.3) is 5.65 Å². The standard InChI is InChI=1S/C20H24N4O2/c1-5-26-18-9-7-6-8-17(18)22-20(25)11-10-16-14(3)21-19-12-13(2)23-24(19)15(16)4/h6-9,12H,5,10-11H2,1-4H3,(H,22,25). The number of rotatable bonds is 6. The van der Waals surface area contributed by atoms with Crippen LogP contribution in [0.15, 0.2) is 30.3 Å². The summed E-state index contributed by atoms with van der Waals surface area (Å²) in [6.07, 6.45) is 0.984. The lowest BCUT2D eigenvalue weighted by Gasteiger charge is -2.13. The molecule has 3 rings (SSSR count).